The molecule has 7 rings (SSSR count). The zero-order valence-corrected chi connectivity index (χ0v) is 20.8. The van der Waals surface area contributed by atoms with Crippen LogP contribution in [-0.2, 0) is 11.3 Å². The number of hydrogen-bond donors (Lipinski definition) is 0. The number of carbonyl (C=O) groups is 1. The summed E-state index contributed by atoms with van der Waals surface area (Å²) in [5, 5.41) is 4.58. The molecule has 4 bridgehead atoms. The Bertz CT molecular complexity index is 1220. The Kier molecular flexibility index (Phi) is 5.53. The fourth-order valence-electron chi connectivity index (χ4n) is 6.67. The molecule has 2 saturated carbocycles. The van der Waals surface area contributed by atoms with E-state index in [9.17, 15) is 4.79 Å². The number of aromatic nitrogens is 4. The highest BCUT2D eigenvalue weighted by atomic mass is 32.1. The molecule has 2 aliphatic carbocycles. The first-order valence-electron chi connectivity index (χ1n) is 12.3. The SMILES string of the molecule is COCc1c(C(=O)N2CC3C[C@H]4CC2C[C@H](C3)C4)cnn1-c1nccc(-c2cc(C)sc2C)n1. The van der Waals surface area contributed by atoms with Crippen molar-refractivity contribution < 1.29 is 9.53 Å². The molecule has 5 heterocycles. The second-order valence-corrected chi connectivity index (χ2v) is 11.8. The summed E-state index contributed by atoms with van der Waals surface area (Å²) in [5.74, 6) is 2.77. The third kappa shape index (κ3) is 3.77. The van der Waals surface area contributed by atoms with E-state index in [4.69, 9.17) is 9.72 Å². The van der Waals surface area contributed by atoms with Crippen LogP contribution < -0.4 is 0 Å². The van der Waals surface area contributed by atoms with Gasteiger partial charge in [0.2, 0.25) is 0 Å². The van der Waals surface area contributed by atoms with E-state index in [1.165, 1.54) is 29.0 Å². The lowest BCUT2D eigenvalue weighted by atomic mass is 9.68. The normalized spacial score (nSPS) is 25.7. The Morgan fingerprint density at radius 3 is 2.62 bits per heavy atom. The molecule has 2 saturated heterocycles. The van der Waals surface area contributed by atoms with Crippen LogP contribution in [0.1, 0.15) is 57.9 Å². The van der Waals surface area contributed by atoms with Crippen LogP contribution in [0.4, 0.5) is 0 Å². The minimum atomic E-state index is 0.0805. The molecule has 0 radical (unpaired) electrons. The Morgan fingerprint density at radius 1 is 1.15 bits per heavy atom. The average molecular weight is 478 g/mol. The molecule has 3 aromatic heterocycles. The van der Waals surface area contributed by atoms with Gasteiger partial charge < -0.3 is 9.64 Å². The van der Waals surface area contributed by atoms with Gasteiger partial charge in [0.15, 0.2) is 0 Å². The van der Waals surface area contributed by atoms with Crippen molar-refractivity contribution in [3.05, 3.63) is 45.5 Å². The molecule has 0 unspecified atom stereocenters. The molecule has 7 nitrogen and oxygen atoms in total. The van der Waals surface area contributed by atoms with Crippen LogP contribution in [0.3, 0.4) is 0 Å². The number of thiophene rings is 1. The molecule has 2 aliphatic heterocycles. The predicted molar refractivity (Wildman–Crippen MR) is 131 cm³/mol. The predicted octanol–water partition coefficient (Wildman–Crippen LogP) is 4.80. The number of carbonyl (C=O) groups excluding carboxylic acids is 1. The van der Waals surface area contributed by atoms with Crippen molar-refractivity contribution in [1.82, 2.24) is 24.6 Å². The smallest absolute Gasteiger partial charge is 0.257 e. The molecule has 4 fully saturated rings. The average Bonchev–Trinajstić information content (AvgIpc) is 3.32. The molecule has 0 aromatic carbocycles. The van der Waals surface area contributed by atoms with E-state index in [1.807, 2.05) is 6.07 Å². The largest absolute Gasteiger partial charge is 0.378 e. The van der Waals surface area contributed by atoms with E-state index in [0.29, 0.717) is 29.2 Å². The van der Waals surface area contributed by atoms with E-state index in [-0.39, 0.29) is 12.5 Å². The number of fused-ring (bicyclic) bond motifs is 1. The van der Waals surface area contributed by atoms with Crippen molar-refractivity contribution in [1.29, 1.82) is 0 Å². The van der Waals surface area contributed by atoms with E-state index >= 15 is 0 Å². The van der Waals surface area contributed by atoms with Gasteiger partial charge in [-0.15, -0.1) is 11.3 Å². The minimum Gasteiger partial charge on any atom is -0.378 e. The summed E-state index contributed by atoms with van der Waals surface area (Å²) in [7, 11) is 1.65. The van der Waals surface area contributed by atoms with Gasteiger partial charge in [0, 0.05) is 41.2 Å². The molecule has 2 atom stereocenters. The number of rotatable bonds is 5. The second kappa shape index (κ2) is 8.57. The molecule has 178 valence electrons. The van der Waals surface area contributed by atoms with Crippen molar-refractivity contribution in [3.8, 4) is 17.2 Å². The van der Waals surface area contributed by atoms with Crippen LogP contribution in [0.5, 0.6) is 0 Å². The van der Waals surface area contributed by atoms with E-state index in [0.717, 1.165) is 42.5 Å². The van der Waals surface area contributed by atoms with E-state index in [2.05, 4.69) is 34.9 Å². The third-order valence-electron chi connectivity index (χ3n) is 7.90. The van der Waals surface area contributed by atoms with Crippen LogP contribution in [0.15, 0.2) is 24.5 Å². The highest BCUT2D eigenvalue weighted by molar-refractivity contribution is 7.12. The topological polar surface area (TPSA) is 73.1 Å². The van der Waals surface area contributed by atoms with E-state index in [1.54, 1.807) is 35.5 Å². The lowest BCUT2D eigenvalue weighted by molar-refractivity contribution is 0.0628. The first-order valence-corrected chi connectivity index (χ1v) is 13.1. The fourth-order valence-corrected chi connectivity index (χ4v) is 7.61. The number of methoxy groups -OCH3 is 1. The van der Waals surface area contributed by atoms with Gasteiger partial charge >= 0.3 is 0 Å². The molecule has 0 N–H and O–H groups in total. The van der Waals surface area contributed by atoms with Gasteiger partial charge in [-0.2, -0.15) is 9.78 Å². The highest BCUT2D eigenvalue weighted by Gasteiger charge is 2.44. The molecular weight excluding hydrogens is 446 g/mol. The molecule has 0 spiro atoms. The van der Waals surface area contributed by atoms with Gasteiger partial charge in [-0.1, -0.05) is 0 Å². The molecule has 8 heteroatoms. The fraction of sp³-hybridized carbons (Fsp3) is 0.538. The van der Waals surface area contributed by atoms with Crippen LogP contribution in [0.25, 0.3) is 17.2 Å². The highest BCUT2D eigenvalue weighted by Crippen LogP contribution is 2.47. The Labute approximate surface area is 204 Å². The molecule has 4 aliphatic rings. The maximum absolute atomic E-state index is 13.9. The van der Waals surface area contributed by atoms with Crippen molar-refractivity contribution in [3.63, 3.8) is 0 Å². The van der Waals surface area contributed by atoms with Crippen molar-refractivity contribution in [2.24, 2.45) is 17.8 Å². The van der Waals surface area contributed by atoms with Crippen molar-refractivity contribution in [2.75, 3.05) is 13.7 Å². The number of hydrogen-bond acceptors (Lipinski definition) is 6. The standard InChI is InChI=1S/C26H31N5O2S/c1-15-6-21(16(2)34-15)23-4-5-27-26(29-23)31-24(14-33-3)22(12-28-31)25(32)30-13-19-8-17-7-18(9-19)11-20(30)10-17/h4-6,12,17-20H,7-11,13-14H2,1-3H3/t17-,18-,19?,20?/m0/s1. The first kappa shape index (κ1) is 21.9. The Morgan fingerprint density at radius 2 is 1.91 bits per heavy atom. The second-order valence-electron chi connectivity index (χ2n) is 10.3. The number of ether oxygens (including phenoxy) is 1. The summed E-state index contributed by atoms with van der Waals surface area (Å²) in [6, 6.07) is 4.43. The maximum atomic E-state index is 13.9. The summed E-state index contributed by atoms with van der Waals surface area (Å²) in [5.41, 5.74) is 3.30. The zero-order chi connectivity index (χ0) is 23.4. The summed E-state index contributed by atoms with van der Waals surface area (Å²) in [4.78, 5) is 27.8. The van der Waals surface area contributed by atoms with Crippen molar-refractivity contribution >= 4 is 17.2 Å². The van der Waals surface area contributed by atoms with Gasteiger partial charge in [-0.25, -0.2) is 9.97 Å². The summed E-state index contributed by atoms with van der Waals surface area (Å²) < 4.78 is 7.19. The minimum absolute atomic E-state index is 0.0805. The first-order chi connectivity index (χ1) is 16.5. The molecule has 3 aromatic rings. The van der Waals surface area contributed by atoms with Gasteiger partial charge in [-0.3, -0.25) is 4.79 Å². The Balaban J connectivity index is 1.35. The number of aryl methyl sites for hydroxylation is 2. The number of amides is 1. The third-order valence-corrected chi connectivity index (χ3v) is 8.86. The lowest BCUT2D eigenvalue weighted by Gasteiger charge is -2.39. The molecule has 34 heavy (non-hydrogen) atoms. The van der Waals surface area contributed by atoms with Gasteiger partial charge in [-0.05, 0) is 75.8 Å². The van der Waals surface area contributed by atoms with Crippen LogP contribution >= 0.6 is 11.3 Å². The number of nitrogens with zero attached hydrogens (tertiary/aromatic N) is 5. The van der Waals surface area contributed by atoms with Crippen molar-refractivity contribution in [2.45, 2.75) is 58.6 Å². The summed E-state index contributed by atoms with van der Waals surface area (Å²) >= 11 is 1.76. The van der Waals surface area contributed by atoms with Gasteiger partial charge in [0.25, 0.3) is 11.9 Å². The van der Waals surface area contributed by atoms with Crippen LogP contribution in [0.2, 0.25) is 0 Å². The van der Waals surface area contributed by atoms with Gasteiger partial charge in [0.1, 0.15) is 0 Å². The van der Waals surface area contributed by atoms with Crippen LogP contribution in [0, 0.1) is 31.6 Å². The monoisotopic (exact) mass is 477 g/mol. The lowest BCUT2D eigenvalue weighted by Crippen LogP contribution is -2.42. The van der Waals surface area contributed by atoms with E-state index < -0.39 is 0 Å². The molecular formula is C26H31N5O2S. The molecule has 1 amide bonds. The quantitative estimate of drug-likeness (QED) is 0.528. The zero-order valence-electron chi connectivity index (χ0n) is 20.0. The summed E-state index contributed by atoms with van der Waals surface area (Å²) in [6.45, 7) is 5.36. The van der Waals surface area contributed by atoms with Gasteiger partial charge in [0.05, 0.1) is 29.8 Å². The Hall–Kier alpha value is -2.58. The van der Waals surface area contributed by atoms with Crippen LogP contribution in [-0.4, -0.2) is 50.3 Å². The summed E-state index contributed by atoms with van der Waals surface area (Å²) in [6.07, 6.45) is 9.66. The maximum Gasteiger partial charge on any atom is 0.257 e.